The van der Waals surface area contributed by atoms with Gasteiger partial charge in [-0.15, -0.1) is 0 Å². The van der Waals surface area contributed by atoms with Crippen LogP contribution in [-0.2, 0) is 11.2 Å². The summed E-state index contributed by atoms with van der Waals surface area (Å²) < 4.78 is 0. The molecule has 1 saturated heterocycles. The van der Waals surface area contributed by atoms with Gasteiger partial charge < -0.3 is 15.5 Å². The third-order valence-corrected chi connectivity index (χ3v) is 4.40. The number of aliphatic imine (C=N–C) groups is 1. The number of benzene rings is 2. The molecule has 1 fully saturated rings. The molecular weight excluding hydrogens is 318 g/mol. The zero-order valence-corrected chi connectivity index (χ0v) is 13.4. The van der Waals surface area contributed by atoms with Crippen LogP contribution in [0.1, 0.15) is 11.1 Å². The van der Waals surface area contributed by atoms with Gasteiger partial charge in [0.1, 0.15) is 23.4 Å². The first-order chi connectivity index (χ1) is 12.1. The van der Waals surface area contributed by atoms with E-state index in [1.165, 1.54) is 0 Å². The molecule has 0 aliphatic carbocycles. The van der Waals surface area contributed by atoms with Crippen LogP contribution >= 0.6 is 0 Å². The topological polar surface area (TPSA) is 85.2 Å². The Morgan fingerprint density at radius 2 is 1.68 bits per heavy atom. The van der Waals surface area contributed by atoms with Gasteiger partial charge in [-0.25, -0.2) is 0 Å². The molecule has 2 aromatic rings. The number of nitrogens with zero attached hydrogens (tertiary/aromatic N) is 2. The lowest BCUT2D eigenvalue weighted by atomic mass is 10.1. The minimum Gasteiger partial charge on any atom is -0.508 e. The molecule has 0 bridgehead atoms. The zero-order chi connectivity index (χ0) is 17.4. The second-order valence-electron chi connectivity index (χ2n) is 6.13. The second-order valence-corrected chi connectivity index (χ2v) is 6.13. The standard InChI is InChI=1S/C19H17N3O3/c23-14-5-1-12(2-6-14)9-16-19(25)22-11-17(20-10-18(22)21-16)13-3-7-15(24)8-4-13/h1-8,10,16,21,23-24H,9,11H2. The van der Waals surface area contributed by atoms with Gasteiger partial charge in [0.25, 0.3) is 5.91 Å². The van der Waals surface area contributed by atoms with E-state index in [9.17, 15) is 15.0 Å². The fraction of sp³-hybridized carbons (Fsp3) is 0.158. The summed E-state index contributed by atoms with van der Waals surface area (Å²) in [6.07, 6.45) is 2.21. The molecule has 2 heterocycles. The van der Waals surface area contributed by atoms with Crippen molar-refractivity contribution in [1.29, 1.82) is 0 Å². The molecule has 0 spiro atoms. The van der Waals surface area contributed by atoms with Crippen molar-refractivity contribution in [3.05, 3.63) is 71.7 Å². The van der Waals surface area contributed by atoms with Crippen molar-refractivity contribution in [2.24, 2.45) is 4.99 Å². The smallest absolute Gasteiger partial charge is 0.251 e. The van der Waals surface area contributed by atoms with E-state index in [4.69, 9.17) is 0 Å². The Morgan fingerprint density at radius 3 is 2.36 bits per heavy atom. The summed E-state index contributed by atoms with van der Waals surface area (Å²) in [5.41, 5.74) is 2.64. The number of rotatable bonds is 3. The molecule has 126 valence electrons. The molecule has 2 aliphatic heterocycles. The van der Waals surface area contributed by atoms with E-state index in [0.29, 0.717) is 18.8 Å². The van der Waals surface area contributed by atoms with E-state index >= 15 is 0 Å². The molecular formula is C19H17N3O3. The maximum Gasteiger partial charge on any atom is 0.251 e. The Bertz CT molecular complexity index is 870. The average Bonchev–Trinajstić information content (AvgIpc) is 2.93. The van der Waals surface area contributed by atoms with Gasteiger partial charge in [-0.1, -0.05) is 12.1 Å². The zero-order valence-electron chi connectivity index (χ0n) is 13.4. The highest BCUT2D eigenvalue weighted by Crippen LogP contribution is 2.23. The third kappa shape index (κ3) is 2.94. The fourth-order valence-corrected chi connectivity index (χ4v) is 3.05. The van der Waals surface area contributed by atoms with Crippen LogP contribution in [0, 0.1) is 0 Å². The van der Waals surface area contributed by atoms with Gasteiger partial charge in [-0.2, -0.15) is 0 Å². The first kappa shape index (κ1) is 15.3. The summed E-state index contributed by atoms with van der Waals surface area (Å²) in [7, 11) is 0. The summed E-state index contributed by atoms with van der Waals surface area (Å²) in [5, 5.41) is 22.0. The largest absolute Gasteiger partial charge is 0.508 e. The van der Waals surface area contributed by atoms with Gasteiger partial charge in [0.15, 0.2) is 0 Å². The highest BCUT2D eigenvalue weighted by molar-refractivity contribution is 6.05. The number of fused-ring (bicyclic) bond motifs is 1. The fourth-order valence-electron chi connectivity index (χ4n) is 3.05. The number of amides is 1. The van der Waals surface area contributed by atoms with E-state index in [1.807, 2.05) is 12.1 Å². The first-order valence-corrected chi connectivity index (χ1v) is 8.02. The van der Waals surface area contributed by atoms with Crippen molar-refractivity contribution in [2.45, 2.75) is 12.5 Å². The lowest BCUT2D eigenvalue weighted by Crippen LogP contribution is -2.35. The second kappa shape index (κ2) is 5.98. The van der Waals surface area contributed by atoms with Gasteiger partial charge >= 0.3 is 0 Å². The van der Waals surface area contributed by atoms with Crippen molar-refractivity contribution in [2.75, 3.05) is 6.54 Å². The molecule has 2 aromatic carbocycles. The van der Waals surface area contributed by atoms with E-state index < -0.39 is 0 Å². The maximum atomic E-state index is 12.7. The van der Waals surface area contributed by atoms with E-state index in [1.54, 1.807) is 47.5 Å². The van der Waals surface area contributed by atoms with Crippen LogP contribution in [0.2, 0.25) is 0 Å². The minimum absolute atomic E-state index is 0.00510. The number of carbonyl (C=O) groups excluding carboxylic acids is 1. The Kier molecular flexibility index (Phi) is 3.65. The maximum absolute atomic E-state index is 12.7. The molecule has 3 N–H and O–H groups in total. The average molecular weight is 335 g/mol. The number of aromatic hydroxyl groups is 2. The lowest BCUT2D eigenvalue weighted by molar-refractivity contribution is -0.127. The molecule has 2 aliphatic rings. The van der Waals surface area contributed by atoms with Crippen LogP contribution < -0.4 is 5.32 Å². The number of hydrogen-bond donors (Lipinski definition) is 3. The van der Waals surface area contributed by atoms with Crippen LogP contribution in [0.4, 0.5) is 0 Å². The van der Waals surface area contributed by atoms with Crippen LogP contribution in [0.15, 0.2) is 65.5 Å². The van der Waals surface area contributed by atoms with E-state index in [2.05, 4.69) is 10.3 Å². The summed E-state index contributed by atoms with van der Waals surface area (Å²) >= 11 is 0. The van der Waals surface area contributed by atoms with Crippen LogP contribution in [0.3, 0.4) is 0 Å². The number of carbonyl (C=O) groups is 1. The molecule has 0 saturated carbocycles. The quantitative estimate of drug-likeness (QED) is 0.798. The Labute approximate surface area is 144 Å². The van der Waals surface area contributed by atoms with Gasteiger partial charge in [-0.05, 0) is 47.5 Å². The van der Waals surface area contributed by atoms with Crippen molar-refractivity contribution >= 4 is 11.6 Å². The minimum atomic E-state index is -0.342. The number of hydrogen-bond acceptors (Lipinski definition) is 5. The van der Waals surface area contributed by atoms with Crippen molar-refractivity contribution in [3.63, 3.8) is 0 Å². The number of phenolic OH excluding ortho intramolecular Hbond substituents is 2. The van der Waals surface area contributed by atoms with Crippen LogP contribution in [0.5, 0.6) is 11.5 Å². The Balaban J connectivity index is 1.50. The van der Waals surface area contributed by atoms with Crippen molar-refractivity contribution < 1.29 is 15.0 Å². The summed E-state index contributed by atoms with van der Waals surface area (Å²) in [6.45, 7) is 0.397. The highest BCUT2D eigenvalue weighted by Gasteiger charge is 2.37. The van der Waals surface area contributed by atoms with Crippen LogP contribution in [-0.4, -0.2) is 39.3 Å². The van der Waals surface area contributed by atoms with Gasteiger partial charge in [-0.3, -0.25) is 14.7 Å². The van der Waals surface area contributed by atoms with Crippen molar-refractivity contribution in [3.8, 4) is 11.5 Å². The molecule has 0 aromatic heterocycles. The normalized spacial score (nSPS) is 19.1. The first-order valence-electron chi connectivity index (χ1n) is 8.02. The lowest BCUT2D eigenvalue weighted by Gasteiger charge is -2.21. The molecule has 6 nitrogen and oxygen atoms in total. The SMILES string of the molecule is O=C1C(Cc2ccc(O)cc2)NC2=CN=C(c3ccc(O)cc3)CN12. The van der Waals surface area contributed by atoms with Gasteiger partial charge in [0.2, 0.25) is 0 Å². The van der Waals surface area contributed by atoms with E-state index in [-0.39, 0.29) is 23.4 Å². The Morgan fingerprint density at radius 1 is 1.04 bits per heavy atom. The van der Waals surface area contributed by atoms with Crippen LogP contribution in [0.25, 0.3) is 0 Å². The third-order valence-electron chi connectivity index (χ3n) is 4.40. The Hall–Kier alpha value is -3.28. The monoisotopic (exact) mass is 335 g/mol. The molecule has 4 rings (SSSR count). The molecule has 1 unspecified atom stereocenters. The molecule has 1 amide bonds. The van der Waals surface area contributed by atoms with Gasteiger partial charge in [0.05, 0.1) is 18.5 Å². The van der Waals surface area contributed by atoms with Gasteiger partial charge in [0, 0.05) is 6.42 Å². The molecule has 0 radical (unpaired) electrons. The molecule has 1 atom stereocenters. The molecule has 25 heavy (non-hydrogen) atoms. The predicted molar refractivity (Wildman–Crippen MR) is 93.2 cm³/mol. The molecule has 6 heteroatoms. The number of nitrogens with one attached hydrogen (secondary N) is 1. The summed E-state index contributed by atoms with van der Waals surface area (Å²) in [5.74, 6) is 1.12. The number of phenols is 2. The van der Waals surface area contributed by atoms with Crippen molar-refractivity contribution in [1.82, 2.24) is 10.2 Å². The summed E-state index contributed by atoms with van der Waals surface area (Å²) in [6, 6.07) is 13.3. The van der Waals surface area contributed by atoms with E-state index in [0.717, 1.165) is 16.8 Å². The predicted octanol–water partition coefficient (Wildman–Crippen LogP) is 1.74. The summed E-state index contributed by atoms with van der Waals surface area (Å²) in [4.78, 5) is 18.9. The highest BCUT2D eigenvalue weighted by atomic mass is 16.3.